The molecule has 0 aromatic heterocycles. The van der Waals surface area contributed by atoms with Gasteiger partial charge >= 0.3 is 6.09 Å². The van der Waals surface area contributed by atoms with E-state index in [0.717, 1.165) is 29.5 Å². The average molecular weight is 392 g/mol. The van der Waals surface area contributed by atoms with Gasteiger partial charge < -0.3 is 15.0 Å². The Morgan fingerprint density at radius 2 is 2.05 bits per heavy atom. The van der Waals surface area contributed by atoms with Crippen molar-refractivity contribution in [3.8, 4) is 0 Å². The van der Waals surface area contributed by atoms with Crippen LogP contribution >= 0.6 is 27.5 Å². The third-order valence-corrected chi connectivity index (χ3v) is 3.68. The summed E-state index contributed by atoms with van der Waals surface area (Å²) in [6, 6.07) is 5.75. The largest absolute Gasteiger partial charge is 0.444 e. The Hall–Kier alpha value is -0.940. The van der Waals surface area contributed by atoms with Crippen molar-refractivity contribution in [2.24, 2.45) is 0 Å². The molecule has 1 amide bonds. The smallest absolute Gasteiger partial charge is 0.410 e. The van der Waals surface area contributed by atoms with Gasteiger partial charge in [0.2, 0.25) is 0 Å². The Balaban J connectivity index is 2.24. The molecule has 124 valence electrons. The van der Waals surface area contributed by atoms with Crippen LogP contribution in [0, 0.1) is 0 Å². The van der Waals surface area contributed by atoms with Gasteiger partial charge in [-0.1, -0.05) is 27.5 Å². The molecule has 1 aromatic carbocycles. The summed E-state index contributed by atoms with van der Waals surface area (Å²) in [5, 5.41) is 3.99. The van der Waals surface area contributed by atoms with Gasteiger partial charge in [0.15, 0.2) is 0 Å². The van der Waals surface area contributed by atoms with E-state index < -0.39 is 5.60 Å². The maximum absolute atomic E-state index is 11.8. The highest BCUT2D eigenvalue weighted by molar-refractivity contribution is 9.10. The van der Waals surface area contributed by atoms with Gasteiger partial charge in [0, 0.05) is 24.6 Å². The number of benzene rings is 1. The van der Waals surface area contributed by atoms with Crippen molar-refractivity contribution >= 4 is 39.3 Å². The molecule has 6 heteroatoms. The molecule has 0 aliphatic rings. The third kappa shape index (κ3) is 7.36. The highest BCUT2D eigenvalue weighted by Crippen LogP contribution is 2.25. The molecule has 1 N–H and O–H groups in total. The SMILES string of the molecule is CN(CCCCNc1ccc(Br)cc1Cl)C(=O)OC(C)(C)C. The molecule has 0 spiro atoms. The topological polar surface area (TPSA) is 41.6 Å². The molecule has 0 heterocycles. The lowest BCUT2D eigenvalue weighted by Gasteiger charge is -2.24. The van der Waals surface area contributed by atoms with Crippen LogP contribution in [0.4, 0.5) is 10.5 Å². The summed E-state index contributed by atoms with van der Waals surface area (Å²) in [7, 11) is 1.76. The molecule has 0 aliphatic heterocycles. The van der Waals surface area contributed by atoms with Crippen LogP contribution in [-0.4, -0.2) is 36.7 Å². The van der Waals surface area contributed by atoms with Gasteiger partial charge in [-0.25, -0.2) is 4.79 Å². The van der Waals surface area contributed by atoms with E-state index in [9.17, 15) is 4.79 Å². The first kappa shape index (κ1) is 19.1. The fourth-order valence-corrected chi connectivity index (χ4v) is 2.50. The number of unbranched alkanes of at least 4 members (excludes halogenated alkanes) is 1. The van der Waals surface area contributed by atoms with Crippen LogP contribution in [0.15, 0.2) is 22.7 Å². The predicted molar refractivity (Wildman–Crippen MR) is 95.7 cm³/mol. The summed E-state index contributed by atoms with van der Waals surface area (Å²) in [5.41, 5.74) is 0.468. The van der Waals surface area contributed by atoms with E-state index >= 15 is 0 Å². The number of nitrogens with one attached hydrogen (secondary N) is 1. The Morgan fingerprint density at radius 3 is 2.64 bits per heavy atom. The van der Waals surface area contributed by atoms with Crippen LogP contribution in [0.2, 0.25) is 5.02 Å². The van der Waals surface area contributed by atoms with Gasteiger partial charge in [-0.3, -0.25) is 0 Å². The quantitative estimate of drug-likeness (QED) is 0.681. The Bertz CT molecular complexity index is 503. The van der Waals surface area contributed by atoms with E-state index in [1.807, 2.05) is 39.0 Å². The lowest BCUT2D eigenvalue weighted by atomic mass is 10.2. The van der Waals surface area contributed by atoms with Crippen molar-refractivity contribution in [1.82, 2.24) is 4.90 Å². The first-order chi connectivity index (χ1) is 10.2. The monoisotopic (exact) mass is 390 g/mol. The molecule has 0 aliphatic carbocycles. The van der Waals surface area contributed by atoms with Crippen LogP contribution in [0.1, 0.15) is 33.6 Å². The lowest BCUT2D eigenvalue weighted by molar-refractivity contribution is 0.0296. The molecular weight excluding hydrogens is 368 g/mol. The summed E-state index contributed by atoms with van der Waals surface area (Å²) in [6.07, 6.45) is 1.56. The summed E-state index contributed by atoms with van der Waals surface area (Å²) in [5.74, 6) is 0. The second-order valence-electron chi connectivity index (χ2n) is 6.16. The number of hydrogen-bond donors (Lipinski definition) is 1. The lowest BCUT2D eigenvalue weighted by Crippen LogP contribution is -2.34. The molecule has 0 saturated heterocycles. The second kappa shape index (κ2) is 8.63. The minimum Gasteiger partial charge on any atom is -0.444 e. The fourth-order valence-electron chi connectivity index (χ4n) is 1.76. The maximum atomic E-state index is 11.8. The minimum atomic E-state index is -0.453. The molecule has 0 bridgehead atoms. The molecule has 4 nitrogen and oxygen atoms in total. The molecule has 0 unspecified atom stereocenters. The number of rotatable bonds is 6. The molecule has 0 radical (unpaired) electrons. The van der Waals surface area contributed by atoms with Crippen molar-refractivity contribution in [2.75, 3.05) is 25.5 Å². The zero-order valence-electron chi connectivity index (χ0n) is 13.6. The van der Waals surface area contributed by atoms with Gasteiger partial charge in [-0.2, -0.15) is 0 Å². The van der Waals surface area contributed by atoms with Crippen molar-refractivity contribution in [3.63, 3.8) is 0 Å². The number of carbonyl (C=O) groups is 1. The van der Waals surface area contributed by atoms with Crippen LogP contribution in [0.3, 0.4) is 0 Å². The van der Waals surface area contributed by atoms with E-state index in [1.54, 1.807) is 11.9 Å². The molecule has 0 fully saturated rings. The van der Waals surface area contributed by atoms with Crippen LogP contribution in [-0.2, 0) is 4.74 Å². The van der Waals surface area contributed by atoms with Crippen LogP contribution in [0.25, 0.3) is 0 Å². The normalized spacial score (nSPS) is 11.2. The number of hydrogen-bond acceptors (Lipinski definition) is 3. The predicted octanol–water partition coefficient (Wildman–Crippen LogP) is 5.16. The van der Waals surface area contributed by atoms with E-state index in [-0.39, 0.29) is 6.09 Å². The Kier molecular flexibility index (Phi) is 7.49. The number of halogens is 2. The molecule has 0 atom stereocenters. The van der Waals surface area contributed by atoms with Crippen molar-refractivity contribution in [1.29, 1.82) is 0 Å². The Labute approximate surface area is 146 Å². The van der Waals surface area contributed by atoms with Crippen molar-refractivity contribution in [3.05, 3.63) is 27.7 Å². The molecule has 1 aromatic rings. The number of anilines is 1. The molecular formula is C16H24BrClN2O2. The fraction of sp³-hybridized carbons (Fsp3) is 0.562. The zero-order valence-corrected chi connectivity index (χ0v) is 15.9. The number of ether oxygens (including phenoxy) is 1. The minimum absolute atomic E-state index is 0.281. The average Bonchev–Trinajstić information content (AvgIpc) is 2.38. The van der Waals surface area contributed by atoms with E-state index in [1.165, 1.54) is 0 Å². The van der Waals surface area contributed by atoms with E-state index in [2.05, 4.69) is 21.2 Å². The summed E-state index contributed by atoms with van der Waals surface area (Å²) in [4.78, 5) is 13.4. The van der Waals surface area contributed by atoms with E-state index in [0.29, 0.717) is 11.6 Å². The van der Waals surface area contributed by atoms with Crippen molar-refractivity contribution in [2.45, 2.75) is 39.2 Å². The van der Waals surface area contributed by atoms with Crippen molar-refractivity contribution < 1.29 is 9.53 Å². The summed E-state index contributed by atoms with van der Waals surface area (Å²) < 4.78 is 6.26. The second-order valence-corrected chi connectivity index (χ2v) is 7.48. The Morgan fingerprint density at radius 1 is 1.36 bits per heavy atom. The summed E-state index contributed by atoms with van der Waals surface area (Å²) in [6.45, 7) is 7.08. The van der Waals surface area contributed by atoms with Gasteiger partial charge in [-0.15, -0.1) is 0 Å². The molecule has 22 heavy (non-hydrogen) atoms. The summed E-state index contributed by atoms with van der Waals surface area (Å²) >= 11 is 9.51. The molecule has 1 rings (SSSR count). The van der Waals surface area contributed by atoms with Gasteiger partial charge in [0.25, 0.3) is 0 Å². The first-order valence-electron chi connectivity index (χ1n) is 7.32. The molecule has 0 saturated carbocycles. The van der Waals surface area contributed by atoms with Gasteiger partial charge in [0.05, 0.1) is 10.7 Å². The highest BCUT2D eigenvalue weighted by Gasteiger charge is 2.18. The third-order valence-electron chi connectivity index (χ3n) is 2.87. The number of amides is 1. The first-order valence-corrected chi connectivity index (χ1v) is 8.49. The van der Waals surface area contributed by atoms with Crippen LogP contribution < -0.4 is 5.32 Å². The standard InChI is InChI=1S/C16H24BrClN2O2/c1-16(2,3)22-15(21)20(4)10-6-5-9-19-14-8-7-12(17)11-13(14)18/h7-8,11,19H,5-6,9-10H2,1-4H3. The number of carbonyl (C=O) groups excluding carboxylic acids is 1. The number of nitrogens with zero attached hydrogens (tertiary/aromatic N) is 1. The van der Waals surface area contributed by atoms with Gasteiger partial charge in [0.1, 0.15) is 5.60 Å². The highest BCUT2D eigenvalue weighted by atomic mass is 79.9. The van der Waals surface area contributed by atoms with E-state index in [4.69, 9.17) is 16.3 Å². The van der Waals surface area contributed by atoms with Gasteiger partial charge in [-0.05, 0) is 51.8 Å². The zero-order chi connectivity index (χ0) is 16.8. The maximum Gasteiger partial charge on any atom is 0.410 e. The van der Waals surface area contributed by atoms with Crippen LogP contribution in [0.5, 0.6) is 0 Å².